The van der Waals surface area contributed by atoms with Gasteiger partial charge in [-0.3, -0.25) is 0 Å². The van der Waals surface area contributed by atoms with E-state index in [0.717, 1.165) is 18.9 Å². The minimum atomic E-state index is -3.72. The van der Waals surface area contributed by atoms with E-state index in [1.165, 1.54) is 16.4 Å². The molecule has 1 N–H and O–H groups in total. The van der Waals surface area contributed by atoms with Gasteiger partial charge in [-0.05, 0) is 30.5 Å². The third-order valence-electron chi connectivity index (χ3n) is 2.86. The smallest absolute Gasteiger partial charge is 0.245 e. The summed E-state index contributed by atoms with van der Waals surface area (Å²) in [5, 5.41) is 8.84. The van der Waals surface area contributed by atoms with Crippen LogP contribution in [0.5, 0.6) is 0 Å². The summed E-state index contributed by atoms with van der Waals surface area (Å²) in [6.07, 6.45) is 1.63. The lowest BCUT2D eigenvalue weighted by Crippen LogP contribution is -2.28. The van der Waals surface area contributed by atoms with Gasteiger partial charge in [0.1, 0.15) is 10.7 Å². The fraction of sp³-hybridized carbons (Fsp3) is 0.455. The van der Waals surface area contributed by atoms with Gasteiger partial charge in [-0.25, -0.2) is 12.8 Å². The first-order chi connectivity index (χ1) is 8.05. The Morgan fingerprint density at radius 3 is 2.47 bits per heavy atom. The lowest BCUT2D eigenvalue weighted by Gasteiger charge is -2.16. The van der Waals surface area contributed by atoms with Gasteiger partial charge in [-0.2, -0.15) is 4.31 Å². The summed E-state index contributed by atoms with van der Waals surface area (Å²) in [6, 6.07) is 3.70. The molecule has 1 aliphatic rings. The second kappa shape index (κ2) is 4.72. The standard InChI is InChI=1S/C11H14FNO3S/c12-10-7-9(8-14)3-4-11(10)17(15,16)13-5-1-2-6-13/h3-4,7,14H,1-2,5-6,8H2. The molecule has 0 atom stereocenters. The number of rotatable bonds is 3. The second-order valence-corrected chi connectivity index (χ2v) is 5.94. The van der Waals surface area contributed by atoms with E-state index in [2.05, 4.69) is 0 Å². The third-order valence-corrected chi connectivity index (χ3v) is 4.79. The van der Waals surface area contributed by atoms with Crippen LogP contribution in [0.4, 0.5) is 4.39 Å². The molecule has 1 aromatic carbocycles. The van der Waals surface area contributed by atoms with Gasteiger partial charge in [0, 0.05) is 13.1 Å². The molecule has 1 fully saturated rings. The van der Waals surface area contributed by atoms with Gasteiger partial charge in [0.15, 0.2) is 0 Å². The van der Waals surface area contributed by atoms with Crippen LogP contribution in [-0.2, 0) is 16.6 Å². The summed E-state index contributed by atoms with van der Waals surface area (Å²) in [7, 11) is -3.72. The summed E-state index contributed by atoms with van der Waals surface area (Å²) in [6.45, 7) is 0.591. The molecule has 0 spiro atoms. The van der Waals surface area contributed by atoms with E-state index < -0.39 is 15.8 Å². The number of aliphatic hydroxyl groups is 1. The lowest BCUT2D eigenvalue weighted by atomic mass is 10.2. The molecule has 1 heterocycles. The minimum Gasteiger partial charge on any atom is -0.392 e. The normalized spacial score (nSPS) is 17.5. The molecule has 4 nitrogen and oxygen atoms in total. The highest BCUT2D eigenvalue weighted by Gasteiger charge is 2.29. The van der Waals surface area contributed by atoms with Crippen molar-refractivity contribution >= 4 is 10.0 Å². The van der Waals surface area contributed by atoms with Crippen LogP contribution in [0.1, 0.15) is 18.4 Å². The van der Waals surface area contributed by atoms with Gasteiger partial charge in [0.25, 0.3) is 0 Å². The van der Waals surface area contributed by atoms with Gasteiger partial charge < -0.3 is 5.11 Å². The summed E-state index contributed by atoms with van der Waals surface area (Å²) in [5.41, 5.74) is 0.364. The summed E-state index contributed by atoms with van der Waals surface area (Å²) >= 11 is 0. The van der Waals surface area contributed by atoms with Crippen LogP contribution in [-0.4, -0.2) is 30.9 Å². The maximum absolute atomic E-state index is 13.7. The van der Waals surface area contributed by atoms with Crippen molar-refractivity contribution in [3.05, 3.63) is 29.6 Å². The zero-order chi connectivity index (χ0) is 12.5. The molecule has 17 heavy (non-hydrogen) atoms. The Labute approximate surface area is 99.7 Å². The Morgan fingerprint density at radius 1 is 1.29 bits per heavy atom. The van der Waals surface area contributed by atoms with E-state index in [9.17, 15) is 12.8 Å². The number of halogens is 1. The molecular weight excluding hydrogens is 245 g/mol. The Hall–Kier alpha value is -0.980. The van der Waals surface area contributed by atoms with E-state index in [-0.39, 0.29) is 11.5 Å². The molecule has 0 saturated carbocycles. The highest BCUT2D eigenvalue weighted by molar-refractivity contribution is 7.89. The number of benzene rings is 1. The van der Waals surface area contributed by atoms with E-state index in [4.69, 9.17) is 5.11 Å². The van der Waals surface area contributed by atoms with Crippen LogP contribution in [0.2, 0.25) is 0 Å². The first-order valence-electron chi connectivity index (χ1n) is 5.45. The van der Waals surface area contributed by atoms with Crippen molar-refractivity contribution in [1.82, 2.24) is 4.31 Å². The Bertz CT molecular complexity index is 509. The quantitative estimate of drug-likeness (QED) is 0.884. The first kappa shape index (κ1) is 12.5. The van der Waals surface area contributed by atoms with Crippen molar-refractivity contribution in [1.29, 1.82) is 0 Å². The number of sulfonamides is 1. The topological polar surface area (TPSA) is 57.6 Å². The zero-order valence-electron chi connectivity index (χ0n) is 9.26. The van der Waals surface area contributed by atoms with Crippen molar-refractivity contribution in [3.63, 3.8) is 0 Å². The largest absolute Gasteiger partial charge is 0.392 e. The van der Waals surface area contributed by atoms with Crippen LogP contribution in [0.25, 0.3) is 0 Å². The summed E-state index contributed by atoms with van der Waals surface area (Å²) < 4.78 is 39.1. The molecule has 1 saturated heterocycles. The van der Waals surface area contributed by atoms with Crippen molar-refractivity contribution in [3.8, 4) is 0 Å². The van der Waals surface area contributed by atoms with Gasteiger partial charge in [0.05, 0.1) is 6.61 Å². The molecule has 1 aromatic rings. The van der Waals surface area contributed by atoms with Crippen molar-refractivity contribution < 1.29 is 17.9 Å². The molecule has 1 aliphatic heterocycles. The Balaban J connectivity index is 2.39. The van der Waals surface area contributed by atoms with Gasteiger partial charge >= 0.3 is 0 Å². The van der Waals surface area contributed by atoms with Crippen molar-refractivity contribution in [2.45, 2.75) is 24.3 Å². The molecule has 0 amide bonds. The Kier molecular flexibility index (Phi) is 3.46. The molecule has 6 heteroatoms. The zero-order valence-corrected chi connectivity index (χ0v) is 10.1. The maximum Gasteiger partial charge on any atom is 0.245 e. The second-order valence-electron chi connectivity index (χ2n) is 4.03. The van der Waals surface area contributed by atoms with Crippen LogP contribution in [0.3, 0.4) is 0 Å². The SMILES string of the molecule is O=S(=O)(c1ccc(CO)cc1F)N1CCCC1. The highest BCUT2D eigenvalue weighted by Crippen LogP contribution is 2.23. The Morgan fingerprint density at radius 2 is 1.94 bits per heavy atom. The van der Waals surface area contributed by atoms with Crippen LogP contribution in [0.15, 0.2) is 23.1 Å². The van der Waals surface area contributed by atoms with E-state index >= 15 is 0 Å². The van der Waals surface area contributed by atoms with Gasteiger partial charge in [-0.1, -0.05) is 6.07 Å². The lowest BCUT2D eigenvalue weighted by molar-refractivity contribution is 0.281. The van der Waals surface area contributed by atoms with E-state index in [1.54, 1.807) is 0 Å². The van der Waals surface area contributed by atoms with Gasteiger partial charge in [0.2, 0.25) is 10.0 Å². The average molecular weight is 259 g/mol. The maximum atomic E-state index is 13.7. The number of hydrogen-bond acceptors (Lipinski definition) is 3. The van der Waals surface area contributed by atoms with E-state index in [1.807, 2.05) is 0 Å². The van der Waals surface area contributed by atoms with E-state index in [0.29, 0.717) is 18.7 Å². The number of aliphatic hydroxyl groups excluding tert-OH is 1. The molecule has 0 aromatic heterocycles. The minimum absolute atomic E-state index is 0.305. The first-order valence-corrected chi connectivity index (χ1v) is 6.89. The van der Waals surface area contributed by atoms with Crippen molar-refractivity contribution in [2.75, 3.05) is 13.1 Å². The fourth-order valence-electron chi connectivity index (χ4n) is 1.92. The van der Waals surface area contributed by atoms with Crippen LogP contribution >= 0.6 is 0 Å². The fourth-order valence-corrected chi connectivity index (χ4v) is 3.48. The predicted octanol–water partition coefficient (Wildman–Crippen LogP) is 1.10. The molecule has 2 rings (SSSR count). The van der Waals surface area contributed by atoms with Crippen LogP contribution < -0.4 is 0 Å². The number of hydrogen-bond donors (Lipinski definition) is 1. The highest BCUT2D eigenvalue weighted by atomic mass is 32.2. The molecule has 0 radical (unpaired) electrons. The van der Waals surface area contributed by atoms with Gasteiger partial charge in [-0.15, -0.1) is 0 Å². The molecule has 0 unspecified atom stereocenters. The molecule has 0 aliphatic carbocycles. The van der Waals surface area contributed by atoms with Crippen LogP contribution in [0, 0.1) is 5.82 Å². The summed E-state index contributed by atoms with van der Waals surface area (Å²) in [5.74, 6) is -0.802. The molecular formula is C11H14FNO3S. The average Bonchev–Trinajstić information content (AvgIpc) is 2.82. The molecule has 94 valence electrons. The molecule has 0 bridgehead atoms. The number of nitrogens with zero attached hydrogens (tertiary/aromatic N) is 1. The third kappa shape index (κ3) is 2.34. The predicted molar refractivity (Wildman–Crippen MR) is 60.3 cm³/mol. The van der Waals surface area contributed by atoms with Crippen molar-refractivity contribution in [2.24, 2.45) is 0 Å². The summed E-state index contributed by atoms with van der Waals surface area (Å²) in [4.78, 5) is -0.309. The monoisotopic (exact) mass is 259 g/mol.